The topological polar surface area (TPSA) is 40.7 Å². The highest BCUT2D eigenvalue weighted by molar-refractivity contribution is 5.77. The molecule has 2 N–H and O–H groups in total. The molecule has 4 heteroatoms. The van der Waals surface area contributed by atoms with E-state index < -0.39 is 0 Å². The van der Waals surface area contributed by atoms with Crippen molar-refractivity contribution in [1.29, 1.82) is 0 Å². The summed E-state index contributed by atoms with van der Waals surface area (Å²) in [7, 11) is 0. The fourth-order valence-corrected chi connectivity index (χ4v) is 4.85. The van der Waals surface area contributed by atoms with Crippen LogP contribution in [0.25, 0.3) is 11.0 Å². The number of nitrogens with one attached hydrogen (secondary N) is 2. The predicted molar refractivity (Wildman–Crippen MR) is 82.7 cm³/mol. The van der Waals surface area contributed by atoms with Crippen LogP contribution in [0.15, 0.2) is 18.2 Å². The third-order valence-corrected chi connectivity index (χ3v) is 5.99. The van der Waals surface area contributed by atoms with Crippen LogP contribution in [-0.4, -0.2) is 16.0 Å². The molecular weight excluding hydrogens is 265 g/mol. The summed E-state index contributed by atoms with van der Waals surface area (Å²) in [5.74, 6) is 1.33. The summed E-state index contributed by atoms with van der Waals surface area (Å²) in [5, 5.41) is 3.62. The SMILES string of the molecule is CC12CCC(C1)C(C)(C)C2Nc1nc2ccc(F)cc2[nH]1. The highest BCUT2D eigenvalue weighted by Gasteiger charge is 2.59. The van der Waals surface area contributed by atoms with Gasteiger partial charge in [0.2, 0.25) is 5.95 Å². The van der Waals surface area contributed by atoms with E-state index in [1.807, 2.05) is 0 Å². The van der Waals surface area contributed by atoms with Crippen molar-refractivity contribution in [3.8, 4) is 0 Å². The predicted octanol–water partition coefficient (Wildman–Crippen LogP) is 4.33. The molecule has 1 aromatic carbocycles. The Morgan fingerprint density at radius 2 is 2.14 bits per heavy atom. The quantitative estimate of drug-likeness (QED) is 0.863. The second kappa shape index (κ2) is 3.99. The van der Waals surface area contributed by atoms with Gasteiger partial charge >= 0.3 is 0 Å². The Balaban J connectivity index is 1.68. The first-order valence-electron chi connectivity index (χ1n) is 7.80. The molecule has 3 atom stereocenters. The average molecular weight is 287 g/mol. The third kappa shape index (κ3) is 1.81. The molecule has 2 fully saturated rings. The van der Waals surface area contributed by atoms with Crippen LogP contribution < -0.4 is 5.32 Å². The van der Waals surface area contributed by atoms with Gasteiger partial charge in [-0.1, -0.05) is 20.8 Å². The standard InChI is InChI=1S/C17H22FN3/c1-16(2)10-6-7-17(3,9-10)14(16)21-15-19-12-5-4-11(18)8-13(12)20-15/h4-5,8,10,14H,6-7,9H2,1-3H3,(H2,19,20,21). The van der Waals surface area contributed by atoms with Gasteiger partial charge in [-0.25, -0.2) is 9.37 Å². The third-order valence-electron chi connectivity index (χ3n) is 5.99. The number of imidazole rings is 1. The van der Waals surface area contributed by atoms with E-state index in [-0.39, 0.29) is 11.2 Å². The van der Waals surface area contributed by atoms with Crippen molar-refractivity contribution in [3.05, 3.63) is 24.0 Å². The fraction of sp³-hybridized carbons (Fsp3) is 0.588. The highest BCUT2D eigenvalue weighted by Crippen LogP contribution is 2.62. The molecule has 3 nitrogen and oxygen atoms in total. The maximum Gasteiger partial charge on any atom is 0.201 e. The summed E-state index contributed by atoms with van der Waals surface area (Å²) in [6, 6.07) is 5.09. The summed E-state index contributed by atoms with van der Waals surface area (Å²) in [5.41, 5.74) is 2.18. The zero-order valence-corrected chi connectivity index (χ0v) is 12.8. The van der Waals surface area contributed by atoms with E-state index in [9.17, 15) is 4.39 Å². The summed E-state index contributed by atoms with van der Waals surface area (Å²) in [4.78, 5) is 7.78. The molecule has 1 aromatic heterocycles. The van der Waals surface area contributed by atoms with Gasteiger partial charge in [-0.05, 0) is 54.2 Å². The summed E-state index contributed by atoms with van der Waals surface area (Å²) >= 11 is 0. The number of benzene rings is 1. The molecule has 2 aliphatic rings. The number of hydrogen-bond donors (Lipinski definition) is 2. The van der Waals surface area contributed by atoms with Crippen molar-refractivity contribution in [2.45, 2.75) is 46.1 Å². The molecular formula is C17H22FN3. The zero-order valence-electron chi connectivity index (χ0n) is 12.8. The second-order valence-electron chi connectivity index (χ2n) is 7.74. The minimum Gasteiger partial charge on any atom is -0.352 e. The number of hydrogen-bond acceptors (Lipinski definition) is 2. The molecule has 2 saturated carbocycles. The van der Waals surface area contributed by atoms with E-state index in [0.29, 0.717) is 11.5 Å². The van der Waals surface area contributed by atoms with E-state index in [1.165, 1.54) is 31.4 Å². The molecule has 21 heavy (non-hydrogen) atoms. The molecule has 0 aliphatic heterocycles. The number of H-pyrrole nitrogens is 1. The molecule has 2 bridgehead atoms. The lowest BCUT2D eigenvalue weighted by Gasteiger charge is -2.43. The van der Waals surface area contributed by atoms with Crippen molar-refractivity contribution < 1.29 is 4.39 Å². The van der Waals surface area contributed by atoms with Gasteiger partial charge in [0, 0.05) is 6.04 Å². The van der Waals surface area contributed by atoms with Gasteiger partial charge in [-0.3, -0.25) is 0 Å². The molecule has 2 aromatic rings. The van der Waals surface area contributed by atoms with Gasteiger partial charge < -0.3 is 10.3 Å². The summed E-state index contributed by atoms with van der Waals surface area (Å²) < 4.78 is 13.3. The van der Waals surface area contributed by atoms with E-state index >= 15 is 0 Å². The molecule has 4 rings (SSSR count). The normalized spacial score (nSPS) is 33.7. The van der Waals surface area contributed by atoms with Gasteiger partial charge in [0.25, 0.3) is 0 Å². The number of halogens is 1. The lowest BCUT2D eigenvalue weighted by Crippen LogP contribution is -2.46. The number of anilines is 1. The number of aromatic nitrogens is 2. The first kappa shape index (κ1) is 13.1. The lowest BCUT2D eigenvalue weighted by molar-refractivity contribution is 0.155. The molecule has 2 aliphatic carbocycles. The lowest BCUT2D eigenvalue weighted by atomic mass is 9.68. The number of rotatable bonds is 2. The smallest absolute Gasteiger partial charge is 0.201 e. The molecule has 1 heterocycles. The van der Waals surface area contributed by atoms with Crippen LogP contribution in [0.2, 0.25) is 0 Å². The van der Waals surface area contributed by atoms with Crippen LogP contribution >= 0.6 is 0 Å². The van der Waals surface area contributed by atoms with Gasteiger partial charge in [0.05, 0.1) is 11.0 Å². The second-order valence-corrected chi connectivity index (χ2v) is 7.74. The first-order valence-corrected chi connectivity index (χ1v) is 7.80. The molecule has 0 amide bonds. The molecule has 0 saturated heterocycles. The molecule has 3 unspecified atom stereocenters. The Labute approximate surface area is 124 Å². The largest absolute Gasteiger partial charge is 0.352 e. The van der Waals surface area contributed by atoms with E-state index in [2.05, 4.69) is 36.1 Å². The van der Waals surface area contributed by atoms with Crippen LogP contribution in [0.1, 0.15) is 40.0 Å². The first-order chi connectivity index (χ1) is 9.88. The number of nitrogens with zero attached hydrogens (tertiary/aromatic N) is 1. The maximum absolute atomic E-state index is 13.3. The van der Waals surface area contributed by atoms with Gasteiger partial charge in [-0.15, -0.1) is 0 Å². The molecule has 0 radical (unpaired) electrons. The van der Waals surface area contributed by atoms with E-state index in [0.717, 1.165) is 22.9 Å². The fourth-order valence-electron chi connectivity index (χ4n) is 4.85. The van der Waals surface area contributed by atoms with Gasteiger partial charge in [0.15, 0.2) is 0 Å². The van der Waals surface area contributed by atoms with Crippen molar-refractivity contribution in [2.75, 3.05) is 5.32 Å². The number of aromatic amines is 1. The minimum absolute atomic E-state index is 0.232. The van der Waals surface area contributed by atoms with Crippen LogP contribution in [0.5, 0.6) is 0 Å². The Kier molecular flexibility index (Phi) is 2.49. The Morgan fingerprint density at radius 3 is 2.86 bits per heavy atom. The van der Waals surface area contributed by atoms with Crippen molar-refractivity contribution >= 4 is 17.0 Å². The molecule has 112 valence electrons. The van der Waals surface area contributed by atoms with Crippen molar-refractivity contribution in [3.63, 3.8) is 0 Å². The molecule has 0 spiro atoms. The van der Waals surface area contributed by atoms with Crippen LogP contribution in [0.4, 0.5) is 10.3 Å². The van der Waals surface area contributed by atoms with Crippen molar-refractivity contribution in [1.82, 2.24) is 9.97 Å². The van der Waals surface area contributed by atoms with Crippen molar-refractivity contribution in [2.24, 2.45) is 16.7 Å². The average Bonchev–Trinajstić information content (AvgIpc) is 3.03. The summed E-state index contributed by atoms with van der Waals surface area (Å²) in [6.07, 6.45) is 3.92. The van der Waals surface area contributed by atoms with Gasteiger partial charge in [0.1, 0.15) is 5.82 Å². The monoisotopic (exact) mass is 287 g/mol. The van der Waals surface area contributed by atoms with Crippen LogP contribution in [0, 0.1) is 22.6 Å². The Morgan fingerprint density at radius 1 is 1.33 bits per heavy atom. The van der Waals surface area contributed by atoms with E-state index in [1.54, 1.807) is 6.07 Å². The Hall–Kier alpha value is -1.58. The van der Waals surface area contributed by atoms with Gasteiger partial charge in [-0.2, -0.15) is 0 Å². The maximum atomic E-state index is 13.3. The number of fused-ring (bicyclic) bond motifs is 3. The summed E-state index contributed by atoms with van der Waals surface area (Å²) in [6.45, 7) is 7.12. The highest BCUT2D eigenvalue weighted by atomic mass is 19.1. The minimum atomic E-state index is -0.232. The Bertz CT molecular complexity index is 700. The van der Waals surface area contributed by atoms with E-state index in [4.69, 9.17) is 0 Å². The zero-order chi connectivity index (χ0) is 14.8. The van der Waals surface area contributed by atoms with Crippen LogP contribution in [-0.2, 0) is 0 Å². The van der Waals surface area contributed by atoms with Crippen LogP contribution in [0.3, 0.4) is 0 Å².